The van der Waals surface area contributed by atoms with Gasteiger partial charge >= 0.3 is 0 Å². The van der Waals surface area contributed by atoms with Gasteiger partial charge in [0, 0.05) is 11.8 Å². The fourth-order valence-corrected chi connectivity index (χ4v) is 1.70. The summed E-state index contributed by atoms with van der Waals surface area (Å²) in [4.78, 5) is 23.4. The molecule has 5 nitrogen and oxygen atoms in total. The molecule has 19 heavy (non-hydrogen) atoms. The zero-order chi connectivity index (χ0) is 13.8. The number of carbonyl (C=O) groups is 1. The highest BCUT2D eigenvalue weighted by atomic mass is 16.2. The van der Waals surface area contributed by atoms with E-state index >= 15 is 0 Å². The lowest BCUT2D eigenvalue weighted by molar-refractivity contribution is -0.117. The Hall–Kier alpha value is -2.43. The molecular weight excluding hydrogens is 242 g/mol. The molecule has 1 heterocycles. The topological polar surface area (TPSA) is 64.0 Å². The Morgan fingerprint density at radius 3 is 2.68 bits per heavy atom. The van der Waals surface area contributed by atoms with E-state index in [4.69, 9.17) is 0 Å². The van der Waals surface area contributed by atoms with Crippen LogP contribution >= 0.6 is 0 Å². The van der Waals surface area contributed by atoms with E-state index < -0.39 is 0 Å². The van der Waals surface area contributed by atoms with Crippen molar-refractivity contribution < 1.29 is 4.79 Å². The summed E-state index contributed by atoms with van der Waals surface area (Å²) in [5, 5.41) is 6.79. The predicted octanol–water partition coefficient (Wildman–Crippen LogP) is 1.50. The van der Waals surface area contributed by atoms with Crippen molar-refractivity contribution in [3.8, 4) is 0 Å². The summed E-state index contributed by atoms with van der Waals surface area (Å²) < 4.78 is 1.16. The maximum atomic E-state index is 11.9. The fourth-order valence-electron chi connectivity index (χ4n) is 1.70. The van der Waals surface area contributed by atoms with Gasteiger partial charge in [0.15, 0.2) is 0 Å². The lowest BCUT2D eigenvalue weighted by Gasteiger charge is -2.09. The van der Waals surface area contributed by atoms with Crippen molar-refractivity contribution in [1.29, 1.82) is 0 Å². The van der Waals surface area contributed by atoms with Crippen LogP contribution in [0.5, 0.6) is 0 Å². The molecule has 0 bridgehead atoms. The molecular formula is C14H15N3O2. The number of aromatic nitrogens is 2. The molecule has 0 radical (unpaired) electrons. The van der Waals surface area contributed by atoms with Crippen LogP contribution in [0, 0.1) is 13.8 Å². The first-order chi connectivity index (χ1) is 9.06. The van der Waals surface area contributed by atoms with Gasteiger partial charge in [-0.05, 0) is 31.5 Å². The van der Waals surface area contributed by atoms with Gasteiger partial charge in [-0.3, -0.25) is 9.59 Å². The van der Waals surface area contributed by atoms with E-state index in [0.29, 0.717) is 5.69 Å². The van der Waals surface area contributed by atoms with E-state index in [1.54, 1.807) is 13.0 Å². The monoisotopic (exact) mass is 257 g/mol. The third-order valence-corrected chi connectivity index (χ3v) is 2.71. The van der Waals surface area contributed by atoms with Crippen LogP contribution in [-0.2, 0) is 11.3 Å². The van der Waals surface area contributed by atoms with E-state index in [1.807, 2.05) is 31.2 Å². The van der Waals surface area contributed by atoms with Crippen LogP contribution in [0.15, 0.2) is 41.2 Å². The lowest BCUT2D eigenvalue weighted by Crippen LogP contribution is -2.29. The van der Waals surface area contributed by atoms with Gasteiger partial charge in [0.1, 0.15) is 6.54 Å². The number of amides is 1. The SMILES string of the molecule is Cc1ccc(=O)n(CC(=O)Nc2ccccc2C)n1. The van der Waals surface area contributed by atoms with Crippen molar-refractivity contribution in [3.63, 3.8) is 0 Å². The predicted molar refractivity (Wildman–Crippen MR) is 73.0 cm³/mol. The second kappa shape index (κ2) is 5.48. The van der Waals surface area contributed by atoms with Crippen LogP contribution in [0.1, 0.15) is 11.3 Å². The minimum atomic E-state index is -0.287. The molecule has 0 aliphatic heterocycles. The van der Waals surface area contributed by atoms with Gasteiger partial charge in [-0.15, -0.1) is 0 Å². The summed E-state index contributed by atoms with van der Waals surface area (Å²) in [6, 6.07) is 10.5. The Bertz CT molecular complexity index is 662. The van der Waals surface area contributed by atoms with Crippen molar-refractivity contribution in [2.24, 2.45) is 0 Å². The van der Waals surface area contributed by atoms with Crippen LogP contribution < -0.4 is 10.9 Å². The third-order valence-electron chi connectivity index (χ3n) is 2.71. The molecule has 0 unspecified atom stereocenters. The molecule has 98 valence electrons. The van der Waals surface area contributed by atoms with Crippen LogP contribution in [0.25, 0.3) is 0 Å². The smallest absolute Gasteiger partial charge is 0.267 e. The van der Waals surface area contributed by atoms with Crippen molar-refractivity contribution >= 4 is 11.6 Å². The van der Waals surface area contributed by atoms with E-state index in [0.717, 1.165) is 15.9 Å². The third kappa shape index (κ3) is 3.28. The highest BCUT2D eigenvalue weighted by Crippen LogP contribution is 2.12. The number of nitrogens with zero attached hydrogens (tertiary/aromatic N) is 2. The van der Waals surface area contributed by atoms with E-state index in [2.05, 4.69) is 10.4 Å². The molecule has 0 saturated heterocycles. The number of hydrogen-bond donors (Lipinski definition) is 1. The number of para-hydroxylation sites is 1. The molecule has 0 aliphatic carbocycles. The summed E-state index contributed by atoms with van der Waals surface area (Å²) >= 11 is 0. The van der Waals surface area contributed by atoms with E-state index in [9.17, 15) is 9.59 Å². The number of carbonyl (C=O) groups excluding carboxylic acids is 1. The fraction of sp³-hybridized carbons (Fsp3) is 0.214. The zero-order valence-electron chi connectivity index (χ0n) is 10.9. The van der Waals surface area contributed by atoms with Crippen molar-refractivity contribution in [2.45, 2.75) is 20.4 Å². The molecule has 0 saturated carbocycles. The largest absolute Gasteiger partial charge is 0.324 e. The molecule has 1 aromatic carbocycles. The molecule has 0 aliphatic rings. The lowest BCUT2D eigenvalue weighted by atomic mass is 10.2. The minimum absolute atomic E-state index is 0.0884. The average molecular weight is 257 g/mol. The Morgan fingerprint density at radius 1 is 1.21 bits per heavy atom. The number of benzene rings is 1. The maximum Gasteiger partial charge on any atom is 0.267 e. The standard InChI is InChI=1S/C14H15N3O2/c1-10-5-3-4-6-12(10)15-13(18)9-17-14(19)8-7-11(2)16-17/h3-8H,9H2,1-2H3,(H,15,18). The molecule has 2 aromatic rings. The second-order valence-corrected chi connectivity index (χ2v) is 4.33. The van der Waals surface area contributed by atoms with E-state index in [-0.39, 0.29) is 18.0 Å². The average Bonchev–Trinajstić information content (AvgIpc) is 2.37. The van der Waals surface area contributed by atoms with Crippen molar-refractivity contribution in [3.05, 3.63) is 58.0 Å². The normalized spacial score (nSPS) is 10.2. The zero-order valence-corrected chi connectivity index (χ0v) is 10.9. The Morgan fingerprint density at radius 2 is 1.95 bits per heavy atom. The molecule has 0 fully saturated rings. The molecule has 2 rings (SSSR count). The summed E-state index contributed by atoms with van der Waals surface area (Å²) in [6.07, 6.45) is 0. The first kappa shape index (κ1) is 13.0. The Labute approximate surface area is 110 Å². The van der Waals surface area contributed by atoms with Gasteiger partial charge < -0.3 is 5.32 Å². The molecule has 1 N–H and O–H groups in total. The maximum absolute atomic E-state index is 11.9. The molecule has 1 aromatic heterocycles. The highest BCUT2D eigenvalue weighted by molar-refractivity contribution is 5.91. The Balaban J connectivity index is 2.12. The quantitative estimate of drug-likeness (QED) is 0.906. The van der Waals surface area contributed by atoms with E-state index in [1.165, 1.54) is 6.07 Å². The first-order valence-electron chi connectivity index (χ1n) is 5.96. The molecule has 0 spiro atoms. The number of nitrogens with one attached hydrogen (secondary N) is 1. The van der Waals surface area contributed by atoms with Crippen LogP contribution in [-0.4, -0.2) is 15.7 Å². The van der Waals surface area contributed by atoms with Crippen LogP contribution in [0.2, 0.25) is 0 Å². The molecule has 0 atom stereocenters. The number of hydrogen-bond acceptors (Lipinski definition) is 3. The van der Waals surface area contributed by atoms with Crippen LogP contribution in [0.3, 0.4) is 0 Å². The van der Waals surface area contributed by atoms with Gasteiger partial charge in [0.25, 0.3) is 5.56 Å². The molecule has 5 heteroatoms. The van der Waals surface area contributed by atoms with Gasteiger partial charge in [0.05, 0.1) is 5.69 Å². The van der Waals surface area contributed by atoms with Gasteiger partial charge in [-0.2, -0.15) is 5.10 Å². The molecule has 1 amide bonds. The van der Waals surface area contributed by atoms with Crippen molar-refractivity contribution in [2.75, 3.05) is 5.32 Å². The number of aryl methyl sites for hydroxylation is 2. The highest BCUT2D eigenvalue weighted by Gasteiger charge is 2.07. The minimum Gasteiger partial charge on any atom is -0.324 e. The van der Waals surface area contributed by atoms with Crippen LogP contribution in [0.4, 0.5) is 5.69 Å². The number of anilines is 1. The summed E-state index contributed by atoms with van der Waals surface area (Å²) in [6.45, 7) is 3.59. The van der Waals surface area contributed by atoms with Gasteiger partial charge in [-0.1, -0.05) is 18.2 Å². The first-order valence-corrected chi connectivity index (χ1v) is 5.96. The Kier molecular flexibility index (Phi) is 3.75. The summed E-state index contributed by atoms with van der Waals surface area (Å²) in [5.41, 5.74) is 2.13. The van der Waals surface area contributed by atoms with Crippen molar-refractivity contribution in [1.82, 2.24) is 9.78 Å². The summed E-state index contributed by atoms with van der Waals surface area (Å²) in [5.74, 6) is -0.269. The summed E-state index contributed by atoms with van der Waals surface area (Å²) in [7, 11) is 0. The van der Waals surface area contributed by atoms with Gasteiger partial charge in [0.2, 0.25) is 5.91 Å². The van der Waals surface area contributed by atoms with Gasteiger partial charge in [-0.25, -0.2) is 4.68 Å². The second-order valence-electron chi connectivity index (χ2n) is 4.33. The number of rotatable bonds is 3.